The second-order valence-corrected chi connectivity index (χ2v) is 6.73. The fourth-order valence-electron chi connectivity index (χ4n) is 3.07. The summed E-state index contributed by atoms with van der Waals surface area (Å²) in [5.74, 6) is 0.0530. The van der Waals surface area contributed by atoms with E-state index in [0.29, 0.717) is 17.8 Å². The van der Waals surface area contributed by atoms with Crippen molar-refractivity contribution in [1.82, 2.24) is 10.6 Å². The molecular weight excluding hydrogens is 350 g/mol. The van der Waals surface area contributed by atoms with E-state index in [1.165, 1.54) is 11.1 Å². The van der Waals surface area contributed by atoms with Gasteiger partial charge in [-0.2, -0.15) is 0 Å². The highest BCUT2D eigenvalue weighted by atomic mass is 35.5. The fourth-order valence-corrected chi connectivity index (χ4v) is 3.07. The number of halogens is 1. The van der Waals surface area contributed by atoms with E-state index in [1.807, 2.05) is 6.07 Å². The van der Waals surface area contributed by atoms with E-state index in [9.17, 15) is 9.59 Å². The second kappa shape index (κ2) is 7.89. The third-order valence-electron chi connectivity index (χ3n) is 4.70. The molecular formula is C20H22ClN3O2. The average molecular weight is 372 g/mol. The Hall–Kier alpha value is -2.37. The zero-order chi connectivity index (χ0) is 17.2. The van der Waals surface area contributed by atoms with Crippen LogP contribution in [0.4, 0.5) is 5.69 Å². The molecule has 1 heterocycles. The van der Waals surface area contributed by atoms with Crippen LogP contribution >= 0.6 is 12.4 Å². The highest BCUT2D eigenvalue weighted by Gasteiger charge is 2.29. The van der Waals surface area contributed by atoms with Crippen LogP contribution in [0.1, 0.15) is 39.9 Å². The van der Waals surface area contributed by atoms with Crippen molar-refractivity contribution >= 4 is 29.9 Å². The highest BCUT2D eigenvalue weighted by molar-refractivity contribution is 5.98. The molecule has 5 nitrogen and oxygen atoms in total. The van der Waals surface area contributed by atoms with Crippen LogP contribution in [0.15, 0.2) is 42.5 Å². The van der Waals surface area contributed by atoms with Crippen molar-refractivity contribution in [3.63, 3.8) is 0 Å². The molecule has 2 amide bonds. The largest absolute Gasteiger partial charge is 0.348 e. The van der Waals surface area contributed by atoms with E-state index < -0.39 is 0 Å². The lowest BCUT2D eigenvalue weighted by molar-refractivity contribution is -0.117. The molecule has 0 aromatic heterocycles. The van der Waals surface area contributed by atoms with Gasteiger partial charge in [0, 0.05) is 36.8 Å². The minimum atomic E-state index is -0.138. The summed E-state index contributed by atoms with van der Waals surface area (Å²) in [5.41, 5.74) is 4.95. The van der Waals surface area contributed by atoms with E-state index >= 15 is 0 Å². The van der Waals surface area contributed by atoms with Crippen molar-refractivity contribution in [3.8, 4) is 0 Å². The number of benzene rings is 2. The van der Waals surface area contributed by atoms with Crippen molar-refractivity contribution in [2.45, 2.75) is 32.5 Å². The normalized spacial score (nSPS) is 14.9. The van der Waals surface area contributed by atoms with E-state index in [2.05, 4.69) is 34.1 Å². The van der Waals surface area contributed by atoms with Crippen LogP contribution in [0, 0.1) is 5.92 Å². The molecule has 2 aromatic rings. The number of carbonyl (C=O) groups excluding carboxylic acids is 2. The van der Waals surface area contributed by atoms with E-state index in [-0.39, 0.29) is 30.1 Å². The Bertz CT molecular complexity index is 834. The monoisotopic (exact) mass is 371 g/mol. The third kappa shape index (κ3) is 4.23. The standard InChI is InChI=1S/C20H21N3O2.ClH/c24-19(22-10-13-4-5-16-11-21-12-17(16)8-13)15-2-1-3-18(9-15)23-20(25)14-6-7-14;/h1-5,8-9,14,21H,6-7,10-12H2,(H,22,24)(H,23,25);1H. The first-order chi connectivity index (χ1) is 12.2. The molecule has 0 bridgehead atoms. The van der Waals surface area contributed by atoms with E-state index in [1.54, 1.807) is 18.2 Å². The van der Waals surface area contributed by atoms with Crippen LogP contribution in [0.2, 0.25) is 0 Å². The summed E-state index contributed by atoms with van der Waals surface area (Å²) >= 11 is 0. The molecule has 4 rings (SSSR count). The summed E-state index contributed by atoms with van der Waals surface area (Å²) in [7, 11) is 0. The van der Waals surface area contributed by atoms with Gasteiger partial charge in [0.25, 0.3) is 5.91 Å². The van der Waals surface area contributed by atoms with Crippen molar-refractivity contribution in [2.24, 2.45) is 5.92 Å². The number of hydrogen-bond acceptors (Lipinski definition) is 3. The molecule has 0 radical (unpaired) electrons. The van der Waals surface area contributed by atoms with Crippen LogP contribution in [-0.2, 0) is 24.4 Å². The minimum Gasteiger partial charge on any atom is -0.348 e. The van der Waals surface area contributed by atoms with Crippen LogP contribution in [0.3, 0.4) is 0 Å². The smallest absolute Gasteiger partial charge is 0.251 e. The van der Waals surface area contributed by atoms with E-state index in [0.717, 1.165) is 31.5 Å². The zero-order valence-electron chi connectivity index (χ0n) is 14.4. The highest BCUT2D eigenvalue weighted by Crippen LogP contribution is 2.30. The minimum absolute atomic E-state index is 0. The number of amides is 2. The van der Waals surface area contributed by atoms with Gasteiger partial charge in [-0.25, -0.2) is 0 Å². The molecule has 136 valence electrons. The number of nitrogens with one attached hydrogen (secondary N) is 3. The van der Waals surface area contributed by atoms with Crippen LogP contribution < -0.4 is 16.0 Å². The maximum absolute atomic E-state index is 12.4. The van der Waals surface area contributed by atoms with E-state index in [4.69, 9.17) is 0 Å². The SMILES string of the molecule is Cl.O=C(NCc1ccc2c(c1)CNC2)c1cccc(NC(=O)C2CC2)c1. The van der Waals surface area contributed by atoms with Crippen molar-refractivity contribution < 1.29 is 9.59 Å². The zero-order valence-corrected chi connectivity index (χ0v) is 15.2. The van der Waals surface area contributed by atoms with Gasteiger partial charge >= 0.3 is 0 Å². The second-order valence-electron chi connectivity index (χ2n) is 6.73. The lowest BCUT2D eigenvalue weighted by Gasteiger charge is -2.09. The molecule has 1 fully saturated rings. The molecule has 6 heteroatoms. The first-order valence-electron chi connectivity index (χ1n) is 8.69. The summed E-state index contributed by atoms with van der Waals surface area (Å²) in [6.07, 6.45) is 1.92. The summed E-state index contributed by atoms with van der Waals surface area (Å²) in [6.45, 7) is 2.30. The average Bonchev–Trinajstić information content (AvgIpc) is 3.38. The summed E-state index contributed by atoms with van der Waals surface area (Å²) in [6, 6.07) is 13.4. The maximum atomic E-state index is 12.4. The first kappa shape index (κ1) is 18.4. The van der Waals surface area contributed by atoms with Gasteiger partial charge in [0.05, 0.1) is 0 Å². The quantitative estimate of drug-likeness (QED) is 0.756. The van der Waals surface area contributed by atoms with Gasteiger partial charge in [0.15, 0.2) is 0 Å². The molecule has 0 saturated heterocycles. The molecule has 0 spiro atoms. The molecule has 2 aromatic carbocycles. The van der Waals surface area contributed by atoms with Crippen LogP contribution in [-0.4, -0.2) is 11.8 Å². The van der Waals surface area contributed by atoms with Gasteiger partial charge in [-0.15, -0.1) is 12.4 Å². The Morgan fingerprint density at radius 2 is 1.85 bits per heavy atom. The van der Waals surface area contributed by atoms with Gasteiger partial charge in [-0.05, 0) is 47.7 Å². The fraction of sp³-hybridized carbons (Fsp3) is 0.300. The number of anilines is 1. The molecule has 1 aliphatic heterocycles. The first-order valence-corrected chi connectivity index (χ1v) is 8.69. The van der Waals surface area contributed by atoms with Gasteiger partial charge < -0.3 is 16.0 Å². The van der Waals surface area contributed by atoms with Crippen LogP contribution in [0.5, 0.6) is 0 Å². The Balaban J connectivity index is 0.00000196. The molecule has 2 aliphatic rings. The predicted octanol–water partition coefficient (Wildman–Crippen LogP) is 2.99. The lowest BCUT2D eigenvalue weighted by atomic mass is 10.1. The Morgan fingerprint density at radius 3 is 2.65 bits per heavy atom. The van der Waals surface area contributed by atoms with Gasteiger partial charge in [0.2, 0.25) is 5.91 Å². The lowest BCUT2D eigenvalue weighted by Crippen LogP contribution is -2.23. The Labute approximate surface area is 159 Å². The Kier molecular flexibility index (Phi) is 5.59. The number of carbonyl (C=O) groups is 2. The van der Waals surface area contributed by atoms with Crippen molar-refractivity contribution in [1.29, 1.82) is 0 Å². The number of rotatable bonds is 5. The van der Waals surface area contributed by atoms with Gasteiger partial charge in [0.1, 0.15) is 0 Å². The van der Waals surface area contributed by atoms with Gasteiger partial charge in [-0.3, -0.25) is 9.59 Å². The van der Waals surface area contributed by atoms with Crippen LogP contribution in [0.25, 0.3) is 0 Å². The molecule has 1 aliphatic carbocycles. The van der Waals surface area contributed by atoms with Crippen molar-refractivity contribution in [2.75, 3.05) is 5.32 Å². The molecule has 0 atom stereocenters. The summed E-state index contributed by atoms with van der Waals surface area (Å²) in [4.78, 5) is 24.2. The molecule has 26 heavy (non-hydrogen) atoms. The number of fused-ring (bicyclic) bond motifs is 1. The molecule has 1 saturated carbocycles. The summed E-state index contributed by atoms with van der Waals surface area (Å²) < 4.78 is 0. The maximum Gasteiger partial charge on any atom is 0.251 e. The topological polar surface area (TPSA) is 70.2 Å². The van der Waals surface area contributed by atoms with Crippen molar-refractivity contribution in [3.05, 3.63) is 64.7 Å². The molecule has 3 N–H and O–H groups in total. The Morgan fingerprint density at radius 1 is 1.04 bits per heavy atom. The number of hydrogen-bond donors (Lipinski definition) is 3. The third-order valence-corrected chi connectivity index (χ3v) is 4.70. The predicted molar refractivity (Wildman–Crippen MR) is 103 cm³/mol. The summed E-state index contributed by atoms with van der Waals surface area (Å²) in [5, 5.41) is 9.14. The van der Waals surface area contributed by atoms with Gasteiger partial charge in [-0.1, -0.05) is 24.3 Å². The molecule has 0 unspecified atom stereocenters.